The highest BCUT2D eigenvalue weighted by Gasteiger charge is 2.01. The van der Waals surface area contributed by atoms with Gasteiger partial charge in [-0.2, -0.15) is 0 Å². The van der Waals surface area contributed by atoms with E-state index in [1.807, 2.05) is 12.1 Å². The van der Waals surface area contributed by atoms with Crippen LogP contribution in [0.3, 0.4) is 0 Å². The zero-order valence-electron chi connectivity index (χ0n) is 10.6. The summed E-state index contributed by atoms with van der Waals surface area (Å²) in [5.41, 5.74) is 2.19. The van der Waals surface area contributed by atoms with Crippen molar-refractivity contribution in [1.29, 1.82) is 0 Å². The molecule has 1 N–H and O–H groups in total. The Morgan fingerprint density at radius 1 is 1.11 bits per heavy atom. The molecular formula is C15H17NOS. The minimum atomic E-state index is 0.0427. The first-order chi connectivity index (χ1) is 8.69. The molecule has 1 aromatic heterocycles. The van der Waals surface area contributed by atoms with Crippen LogP contribution in [0.2, 0.25) is 0 Å². The third kappa shape index (κ3) is 3.34. The summed E-state index contributed by atoms with van der Waals surface area (Å²) in [4.78, 5) is 5.49. The van der Waals surface area contributed by atoms with Gasteiger partial charge >= 0.3 is 0 Å². The van der Waals surface area contributed by atoms with Gasteiger partial charge in [-0.25, -0.2) is 4.98 Å². The SMILES string of the molecule is CC(C)c1ccc(Sc2ccc(CO)cn2)cc1. The molecule has 1 heterocycles. The van der Waals surface area contributed by atoms with Crippen molar-refractivity contribution in [1.82, 2.24) is 4.98 Å². The molecule has 0 radical (unpaired) electrons. The Morgan fingerprint density at radius 2 is 1.83 bits per heavy atom. The summed E-state index contributed by atoms with van der Waals surface area (Å²) in [6.45, 7) is 4.43. The second-order valence-corrected chi connectivity index (χ2v) is 5.58. The third-order valence-electron chi connectivity index (χ3n) is 2.75. The van der Waals surface area contributed by atoms with Gasteiger partial charge in [0.1, 0.15) is 5.03 Å². The molecule has 0 spiro atoms. The summed E-state index contributed by atoms with van der Waals surface area (Å²) in [7, 11) is 0. The molecule has 0 atom stereocenters. The molecule has 1 aromatic carbocycles. The van der Waals surface area contributed by atoms with E-state index < -0.39 is 0 Å². The van der Waals surface area contributed by atoms with Gasteiger partial charge in [0.25, 0.3) is 0 Å². The lowest BCUT2D eigenvalue weighted by Gasteiger charge is -2.06. The Kier molecular flexibility index (Phi) is 4.39. The van der Waals surface area contributed by atoms with Crippen molar-refractivity contribution < 1.29 is 5.11 Å². The third-order valence-corrected chi connectivity index (χ3v) is 3.71. The van der Waals surface area contributed by atoms with Crippen molar-refractivity contribution in [3.05, 3.63) is 53.7 Å². The molecule has 0 saturated carbocycles. The van der Waals surface area contributed by atoms with E-state index in [0.29, 0.717) is 5.92 Å². The molecule has 2 nitrogen and oxygen atoms in total. The molecule has 0 saturated heterocycles. The molecule has 0 aliphatic rings. The second kappa shape index (κ2) is 6.03. The predicted octanol–water partition coefficient (Wildman–Crippen LogP) is 3.85. The smallest absolute Gasteiger partial charge is 0.101 e. The topological polar surface area (TPSA) is 33.1 Å². The van der Waals surface area contributed by atoms with Gasteiger partial charge in [-0.1, -0.05) is 43.8 Å². The van der Waals surface area contributed by atoms with Crippen LogP contribution in [0.15, 0.2) is 52.5 Å². The van der Waals surface area contributed by atoms with E-state index in [4.69, 9.17) is 5.11 Å². The monoisotopic (exact) mass is 259 g/mol. The van der Waals surface area contributed by atoms with Crippen LogP contribution < -0.4 is 0 Å². The van der Waals surface area contributed by atoms with Crippen LogP contribution in [0.4, 0.5) is 0 Å². The van der Waals surface area contributed by atoms with Crippen molar-refractivity contribution in [3.63, 3.8) is 0 Å². The van der Waals surface area contributed by atoms with Gasteiger partial charge in [0.2, 0.25) is 0 Å². The minimum absolute atomic E-state index is 0.0427. The standard InChI is InChI=1S/C15H17NOS/c1-11(2)13-4-6-14(7-5-13)18-15-8-3-12(10-17)9-16-15/h3-9,11,17H,10H2,1-2H3. The molecule has 0 bridgehead atoms. The molecule has 0 aliphatic carbocycles. The first kappa shape index (κ1) is 13.1. The van der Waals surface area contributed by atoms with E-state index in [1.165, 1.54) is 10.5 Å². The molecule has 0 fully saturated rings. The Morgan fingerprint density at radius 3 is 2.33 bits per heavy atom. The zero-order chi connectivity index (χ0) is 13.0. The highest BCUT2D eigenvalue weighted by atomic mass is 32.2. The lowest BCUT2D eigenvalue weighted by molar-refractivity contribution is 0.281. The molecule has 0 amide bonds. The first-order valence-electron chi connectivity index (χ1n) is 6.02. The summed E-state index contributed by atoms with van der Waals surface area (Å²) in [6.07, 6.45) is 1.71. The summed E-state index contributed by atoms with van der Waals surface area (Å²) >= 11 is 1.63. The fourth-order valence-corrected chi connectivity index (χ4v) is 2.36. The molecule has 3 heteroatoms. The molecule has 2 aromatic rings. The average molecular weight is 259 g/mol. The van der Waals surface area contributed by atoms with E-state index in [0.717, 1.165) is 10.6 Å². The van der Waals surface area contributed by atoms with Gasteiger partial charge < -0.3 is 5.11 Å². The Balaban J connectivity index is 2.08. The largest absolute Gasteiger partial charge is 0.392 e. The number of benzene rings is 1. The summed E-state index contributed by atoms with van der Waals surface area (Å²) < 4.78 is 0. The van der Waals surface area contributed by atoms with Gasteiger partial charge in [-0.3, -0.25) is 0 Å². The predicted molar refractivity (Wildman–Crippen MR) is 74.8 cm³/mol. The number of nitrogens with zero attached hydrogens (tertiary/aromatic N) is 1. The van der Waals surface area contributed by atoms with Gasteiger partial charge in [0, 0.05) is 11.1 Å². The maximum Gasteiger partial charge on any atom is 0.101 e. The number of hydrogen-bond acceptors (Lipinski definition) is 3. The molecule has 94 valence electrons. The van der Waals surface area contributed by atoms with Crippen molar-refractivity contribution in [3.8, 4) is 0 Å². The van der Waals surface area contributed by atoms with E-state index in [9.17, 15) is 0 Å². The van der Waals surface area contributed by atoms with Crippen LogP contribution in [0, 0.1) is 0 Å². The number of aliphatic hydroxyl groups is 1. The number of rotatable bonds is 4. The fourth-order valence-electron chi connectivity index (χ4n) is 1.61. The Hall–Kier alpha value is -1.32. The molecular weight excluding hydrogens is 242 g/mol. The maximum absolute atomic E-state index is 8.95. The normalized spacial score (nSPS) is 10.9. The van der Waals surface area contributed by atoms with Gasteiger partial charge in [0.05, 0.1) is 6.61 Å². The number of pyridine rings is 1. The highest BCUT2D eigenvalue weighted by Crippen LogP contribution is 2.27. The second-order valence-electron chi connectivity index (χ2n) is 4.49. The molecule has 2 rings (SSSR count). The summed E-state index contributed by atoms with van der Waals surface area (Å²) in [6, 6.07) is 12.4. The van der Waals surface area contributed by atoms with E-state index in [-0.39, 0.29) is 6.61 Å². The quantitative estimate of drug-likeness (QED) is 0.905. The van der Waals surface area contributed by atoms with E-state index in [1.54, 1.807) is 18.0 Å². The number of aliphatic hydroxyl groups excluding tert-OH is 1. The Labute approximate surface area is 112 Å². The fraction of sp³-hybridized carbons (Fsp3) is 0.267. The molecule has 18 heavy (non-hydrogen) atoms. The summed E-state index contributed by atoms with van der Waals surface area (Å²) in [5, 5.41) is 9.90. The van der Waals surface area contributed by atoms with Crippen LogP contribution >= 0.6 is 11.8 Å². The zero-order valence-corrected chi connectivity index (χ0v) is 11.4. The van der Waals surface area contributed by atoms with E-state index >= 15 is 0 Å². The van der Waals surface area contributed by atoms with Crippen molar-refractivity contribution in [2.45, 2.75) is 36.3 Å². The van der Waals surface area contributed by atoms with Crippen LogP contribution in [0.1, 0.15) is 30.9 Å². The number of hydrogen-bond donors (Lipinski definition) is 1. The number of aromatic nitrogens is 1. The van der Waals surface area contributed by atoms with Gasteiger partial charge in [-0.05, 0) is 35.2 Å². The van der Waals surface area contributed by atoms with Crippen LogP contribution in [0.25, 0.3) is 0 Å². The molecule has 0 unspecified atom stereocenters. The van der Waals surface area contributed by atoms with Crippen LogP contribution in [0.5, 0.6) is 0 Å². The van der Waals surface area contributed by atoms with Crippen LogP contribution in [-0.4, -0.2) is 10.1 Å². The van der Waals surface area contributed by atoms with Crippen molar-refractivity contribution in [2.75, 3.05) is 0 Å². The lowest BCUT2D eigenvalue weighted by atomic mass is 10.0. The highest BCUT2D eigenvalue weighted by molar-refractivity contribution is 7.99. The van der Waals surface area contributed by atoms with Crippen molar-refractivity contribution >= 4 is 11.8 Å². The maximum atomic E-state index is 8.95. The van der Waals surface area contributed by atoms with Gasteiger partial charge in [-0.15, -0.1) is 0 Å². The summed E-state index contributed by atoms with van der Waals surface area (Å²) in [5.74, 6) is 0.561. The lowest BCUT2D eigenvalue weighted by Crippen LogP contribution is -1.87. The van der Waals surface area contributed by atoms with Gasteiger partial charge in [0.15, 0.2) is 0 Å². The average Bonchev–Trinajstić information content (AvgIpc) is 2.40. The first-order valence-corrected chi connectivity index (χ1v) is 6.84. The van der Waals surface area contributed by atoms with E-state index in [2.05, 4.69) is 43.1 Å². The van der Waals surface area contributed by atoms with Crippen LogP contribution in [-0.2, 0) is 6.61 Å². The minimum Gasteiger partial charge on any atom is -0.392 e. The Bertz CT molecular complexity index is 491. The van der Waals surface area contributed by atoms with Crippen molar-refractivity contribution in [2.24, 2.45) is 0 Å². The molecule has 0 aliphatic heterocycles.